The van der Waals surface area contributed by atoms with E-state index in [-0.39, 0.29) is 6.10 Å². The zero-order chi connectivity index (χ0) is 12.3. The van der Waals surface area contributed by atoms with Crippen molar-refractivity contribution in [2.24, 2.45) is 0 Å². The number of benzene rings is 1. The summed E-state index contributed by atoms with van der Waals surface area (Å²) < 4.78 is 6.33. The zero-order valence-electron chi connectivity index (χ0n) is 9.34. The van der Waals surface area contributed by atoms with Gasteiger partial charge in [0.05, 0.1) is 0 Å². The predicted molar refractivity (Wildman–Crippen MR) is 73.2 cm³/mol. The standard InChI is InChI=1S/C13H13BrO2S/c1-16-13(9-5-3-2-4-6-9)12(15)10-7-17-8-11(10)14/h2-8,12-13,15H,1H3. The highest BCUT2D eigenvalue weighted by atomic mass is 79.9. The van der Waals surface area contributed by atoms with Crippen LogP contribution >= 0.6 is 27.3 Å². The van der Waals surface area contributed by atoms with E-state index in [9.17, 15) is 5.11 Å². The van der Waals surface area contributed by atoms with Crippen molar-refractivity contribution < 1.29 is 9.84 Å². The van der Waals surface area contributed by atoms with E-state index in [1.54, 1.807) is 18.4 Å². The van der Waals surface area contributed by atoms with E-state index in [1.807, 2.05) is 41.1 Å². The summed E-state index contributed by atoms with van der Waals surface area (Å²) in [5.74, 6) is 0. The third kappa shape index (κ3) is 2.77. The number of rotatable bonds is 4. The Balaban J connectivity index is 2.28. The fourth-order valence-electron chi connectivity index (χ4n) is 1.76. The average Bonchev–Trinajstić information content (AvgIpc) is 2.77. The van der Waals surface area contributed by atoms with Crippen molar-refractivity contribution in [1.29, 1.82) is 0 Å². The smallest absolute Gasteiger partial charge is 0.112 e. The molecule has 17 heavy (non-hydrogen) atoms. The lowest BCUT2D eigenvalue weighted by Crippen LogP contribution is -2.12. The van der Waals surface area contributed by atoms with Crippen LogP contribution in [0.15, 0.2) is 45.6 Å². The molecule has 2 nitrogen and oxygen atoms in total. The van der Waals surface area contributed by atoms with Gasteiger partial charge in [0.25, 0.3) is 0 Å². The molecular formula is C13H13BrO2S. The van der Waals surface area contributed by atoms with E-state index in [4.69, 9.17) is 4.74 Å². The first-order chi connectivity index (χ1) is 8.24. The number of aliphatic hydroxyl groups is 1. The maximum atomic E-state index is 10.4. The van der Waals surface area contributed by atoms with Crippen molar-refractivity contribution in [3.05, 3.63) is 56.7 Å². The molecule has 2 atom stereocenters. The van der Waals surface area contributed by atoms with Crippen LogP contribution in [0.25, 0.3) is 0 Å². The summed E-state index contributed by atoms with van der Waals surface area (Å²) in [5.41, 5.74) is 1.84. The lowest BCUT2D eigenvalue weighted by molar-refractivity contribution is -0.0150. The Labute approximate surface area is 113 Å². The summed E-state index contributed by atoms with van der Waals surface area (Å²) in [5, 5.41) is 14.2. The minimum absolute atomic E-state index is 0.345. The van der Waals surface area contributed by atoms with E-state index in [2.05, 4.69) is 15.9 Å². The molecule has 0 bridgehead atoms. The van der Waals surface area contributed by atoms with E-state index in [1.165, 1.54) is 0 Å². The Morgan fingerprint density at radius 1 is 1.24 bits per heavy atom. The topological polar surface area (TPSA) is 29.5 Å². The van der Waals surface area contributed by atoms with E-state index in [0.717, 1.165) is 15.6 Å². The molecule has 0 aliphatic carbocycles. The molecule has 2 aromatic rings. The zero-order valence-corrected chi connectivity index (χ0v) is 11.7. The number of hydrogen-bond donors (Lipinski definition) is 1. The number of methoxy groups -OCH3 is 1. The molecule has 0 radical (unpaired) electrons. The van der Waals surface area contributed by atoms with Crippen molar-refractivity contribution in [2.45, 2.75) is 12.2 Å². The Morgan fingerprint density at radius 3 is 2.47 bits per heavy atom. The highest BCUT2D eigenvalue weighted by Gasteiger charge is 2.24. The summed E-state index contributed by atoms with van der Waals surface area (Å²) in [6, 6.07) is 9.74. The summed E-state index contributed by atoms with van der Waals surface area (Å²) in [6.45, 7) is 0. The Hall–Kier alpha value is -0.680. The Bertz CT molecular complexity index is 469. The van der Waals surface area contributed by atoms with Crippen LogP contribution in [-0.4, -0.2) is 12.2 Å². The van der Waals surface area contributed by atoms with Gasteiger partial charge in [-0.15, -0.1) is 0 Å². The van der Waals surface area contributed by atoms with Gasteiger partial charge in [0.15, 0.2) is 0 Å². The van der Waals surface area contributed by atoms with Crippen LogP contribution in [0.1, 0.15) is 23.3 Å². The van der Waals surface area contributed by atoms with Crippen molar-refractivity contribution in [3.8, 4) is 0 Å². The molecule has 90 valence electrons. The second-order valence-electron chi connectivity index (χ2n) is 3.69. The summed E-state index contributed by atoms with van der Waals surface area (Å²) in [6.07, 6.45) is -1.01. The third-order valence-electron chi connectivity index (χ3n) is 2.63. The molecule has 1 N–H and O–H groups in total. The monoisotopic (exact) mass is 312 g/mol. The summed E-state index contributed by atoms with van der Waals surface area (Å²) in [4.78, 5) is 0. The van der Waals surface area contributed by atoms with Crippen LogP contribution in [-0.2, 0) is 4.74 Å². The van der Waals surface area contributed by atoms with Crippen molar-refractivity contribution in [3.63, 3.8) is 0 Å². The maximum Gasteiger partial charge on any atom is 0.112 e. The van der Waals surface area contributed by atoms with Gasteiger partial charge in [0.1, 0.15) is 12.2 Å². The van der Waals surface area contributed by atoms with Crippen LogP contribution < -0.4 is 0 Å². The number of hydrogen-bond acceptors (Lipinski definition) is 3. The molecule has 1 aromatic carbocycles. The lowest BCUT2D eigenvalue weighted by atomic mass is 10.0. The summed E-state index contributed by atoms with van der Waals surface area (Å²) in [7, 11) is 1.61. The van der Waals surface area contributed by atoms with Crippen LogP contribution in [0.2, 0.25) is 0 Å². The molecule has 1 aromatic heterocycles. The number of thiophene rings is 1. The molecule has 0 saturated carbocycles. The van der Waals surface area contributed by atoms with Gasteiger partial charge in [0.2, 0.25) is 0 Å². The third-order valence-corrected chi connectivity index (χ3v) is 4.38. The lowest BCUT2D eigenvalue weighted by Gasteiger charge is -2.21. The van der Waals surface area contributed by atoms with E-state index < -0.39 is 6.10 Å². The average molecular weight is 313 g/mol. The molecule has 0 saturated heterocycles. The normalized spacial score (nSPS) is 14.5. The van der Waals surface area contributed by atoms with Crippen molar-refractivity contribution >= 4 is 27.3 Å². The molecule has 2 rings (SSSR count). The Kier molecular flexibility index (Phi) is 4.34. The molecule has 0 fully saturated rings. The maximum absolute atomic E-state index is 10.4. The predicted octanol–water partition coefficient (Wildman–Crippen LogP) is 3.93. The first-order valence-electron chi connectivity index (χ1n) is 5.21. The molecule has 0 spiro atoms. The van der Waals surface area contributed by atoms with E-state index in [0.29, 0.717) is 0 Å². The number of aliphatic hydroxyl groups excluding tert-OH is 1. The number of halogens is 1. The second kappa shape index (κ2) is 5.78. The van der Waals surface area contributed by atoms with Gasteiger partial charge in [-0.2, -0.15) is 11.3 Å². The highest BCUT2D eigenvalue weighted by Crippen LogP contribution is 2.36. The van der Waals surface area contributed by atoms with Gasteiger partial charge in [-0.25, -0.2) is 0 Å². The van der Waals surface area contributed by atoms with Crippen LogP contribution in [0.4, 0.5) is 0 Å². The molecule has 0 amide bonds. The highest BCUT2D eigenvalue weighted by molar-refractivity contribution is 9.10. The quantitative estimate of drug-likeness (QED) is 0.927. The largest absolute Gasteiger partial charge is 0.385 e. The second-order valence-corrected chi connectivity index (χ2v) is 5.28. The summed E-state index contributed by atoms with van der Waals surface area (Å²) >= 11 is 4.99. The van der Waals surface area contributed by atoms with Gasteiger partial charge in [-0.05, 0) is 26.9 Å². The van der Waals surface area contributed by atoms with Crippen molar-refractivity contribution in [2.75, 3.05) is 7.11 Å². The molecule has 1 heterocycles. The van der Waals surface area contributed by atoms with Gasteiger partial charge < -0.3 is 9.84 Å². The fraction of sp³-hybridized carbons (Fsp3) is 0.231. The molecule has 2 unspecified atom stereocenters. The first-order valence-corrected chi connectivity index (χ1v) is 6.95. The van der Waals surface area contributed by atoms with Gasteiger partial charge in [-0.1, -0.05) is 30.3 Å². The minimum atomic E-state index is -0.664. The number of ether oxygens (including phenoxy) is 1. The first kappa shape index (κ1) is 12.8. The molecular weight excluding hydrogens is 300 g/mol. The van der Waals surface area contributed by atoms with Crippen LogP contribution in [0.5, 0.6) is 0 Å². The van der Waals surface area contributed by atoms with Gasteiger partial charge >= 0.3 is 0 Å². The Morgan fingerprint density at radius 2 is 1.94 bits per heavy atom. The fourth-order valence-corrected chi connectivity index (χ4v) is 3.32. The van der Waals surface area contributed by atoms with E-state index >= 15 is 0 Å². The minimum Gasteiger partial charge on any atom is -0.385 e. The molecule has 4 heteroatoms. The molecule has 0 aliphatic rings. The van der Waals surface area contributed by atoms with Crippen molar-refractivity contribution in [1.82, 2.24) is 0 Å². The van der Waals surface area contributed by atoms with Crippen LogP contribution in [0.3, 0.4) is 0 Å². The van der Waals surface area contributed by atoms with Gasteiger partial charge in [-0.3, -0.25) is 0 Å². The SMILES string of the molecule is COC(c1ccccc1)C(O)c1cscc1Br. The van der Waals surface area contributed by atoms with Crippen LogP contribution in [0, 0.1) is 0 Å². The van der Waals surface area contributed by atoms with Gasteiger partial charge in [0, 0.05) is 22.5 Å². The molecule has 0 aliphatic heterocycles.